The van der Waals surface area contributed by atoms with E-state index in [4.69, 9.17) is 4.99 Å². The summed E-state index contributed by atoms with van der Waals surface area (Å²) in [5.74, 6) is 1.93. The molecule has 5 nitrogen and oxygen atoms in total. The summed E-state index contributed by atoms with van der Waals surface area (Å²) < 4.78 is 14.5. The fourth-order valence-electron chi connectivity index (χ4n) is 4.02. The molecule has 2 N–H and O–H groups in total. The van der Waals surface area contributed by atoms with Gasteiger partial charge in [0.15, 0.2) is 0 Å². The number of halogens is 1. The van der Waals surface area contributed by atoms with Crippen molar-refractivity contribution in [1.82, 2.24) is 20.4 Å². The van der Waals surface area contributed by atoms with Gasteiger partial charge in [-0.15, -0.1) is 0 Å². The van der Waals surface area contributed by atoms with Crippen LogP contribution in [0.3, 0.4) is 0 Å². The minimum atomic E-state index is -0.259. The quantitative estimate of drug-likeness (QED) is 0.728. The molecule has 0 amide bonds. The van der Waals surface area contributed by atoms with Crippen molar-refractivity contribution in [2.45, 2.75) is 33.2 Å². The Bertz CT molecular complexity index is 871. The van der Waals surface area contributed by atoms with Crippen molar-refractivity contribution in [1.29, 1.82) is 0 Å². The van der Waals surface area contributed by atoms with E-state index in [1.165, 1.54) is 12.5 Å². The number of amidine groups is 1. The van der Waals surface area contributed by atoms with E-state index in [1.807, 2.05) is 37.2 Å². The van der Waals surface area contributed by atoms with E-state index in [2.05, 4.69) is 36.0 Å². The summed E-state index contributed by atoms with van der Waals surface area (Å²) in [5, 5.41) is 7.03. The highest BCUT2D eigenvalue weighted by Crippen LogP contribution is 2.25. The topological polar surface area (TPSA) is 42.9 Å². The maximum Gasteiger partial charge on any atom is 0.131 e. The minimum Gasteiger partial charge on any atom is -0.337 e. The van der Waals surface area contributed by atoms with Crippen LogP contribution in [0.2, 0.25) is 0 Å². The molecule has 6 heteroatoms. The first-order chi connectivity index (χ1) is 14.9. The lowest BCUT2D eigenvalue weighted by Crippen LogP contribution is -2.42. The summed E-state index contributed by atoms with van der Waals surface area (Å²) in [6.45, 7) is 15.3. The molecule has 2 aliphatic heterocycles. The summed E-state index contributed by atoms with van der Waals surface area (Å²) >= 11 is 0. The third kappa shape index (κ3) is 6.05. The van der Waals surface area contributed by atoms with Crippen molar-refractivity contribution >= 4 is 11.4 Å². The highest BCUT2D eigenvalue weighted by atomic mass is 19.1. The number of hydrogen-bond donors (Lipinski definition) is 2. The molecular formula is C25H36FN5. The van der Waals surface area contributed by atoms with Crippen molar-refractivity contribution in [3.05, 3.63) is 65.9 Å². The molecule has 2 heterocycles. The van der Waals surface area contributed by atoms with Gasteiger partial charge < -0.3 is 15.5 Å². The second-order valence-corrected chi connectivity index (χ2v) is 8.73. The van der Waals surface area contributed by atoms with Crippen LogP contribution < -0.4 is 10.6 Å². The van der Waals surface area contributed by atoms with Gasteiger partial charge in [-0.2, -0.15) is 0 Å². The summed E-state index contributed by atoms with van der Waals surface area (Å²) in [5.41, 5.74) is 2.26. The zero-order chi connectivity index (χ0) is 22.4. The molecule has 0 aromatic heterocycles. The van der Waals surface area contributed by atoms with Crippen LogP contribution in [0.25, 0.3) is 5.57 Å². The summed E-state index contributed by atoms with van der Waals surface area (Å²) in [6.07, 6.45) is 6.77. The van der Waals surface area contributed by atoms with E-state index >= 15 is 0 Å². The van der Waals surface area contributed by atoms with Crippen molar-refractivity contribution in [3.8, 4) is 0 Å². The van der Waals surface area contributed by atoms with Gasteiger partial charge in [-0.25, -0.2) is 4.39 Å². The molecule has 2 aliphatic rings. The number of hydrogen-bond acceptors (Lipinski definition) is 4. The Balaban J connectivity index is 1.73. The number of benzene rings is 1. The van der Waals surface area contributed by atoms with Crippen LogP contribution in [0.4, 0.5) is 4.39 Å². The highest BCUT2D eigenvalue weighted by molar-refractivity contribution is 5.96. The number of aryl methyl sites for hydroxylation is 1. The maximum absolute atomic E-state index is 14.5. The first kappa shape index (κ1) is 23.2. The number of nitrogens with one attached hydrogen (secondary N) is 2. The lowest BCUT2D eigenvalue weighted by Gasteiger charge is -2.28. The van der Waals surface area contributed by atoms with Crippen LogP contribution in [0.5, 0.6) is 0 Å². The first-order valence-electron chi connectivity index (χ1n) is 11.2. The van der Waals surface area contributed by atoms with Gasteiger partial charge in [0, 0.05) is 43.5 Å². The van der Waals surface area contributed by atoms with Crippen LogP contribution in [0.1, 0.15) is 31.4 Å². The van der Waals surface area contributed by atoms with Gasteiger partial charge in [0.05, 0.1) is 6.54 Å². The molecule has 1 fully saturated rings. The average molecular weight is 426 g/mol. The van der Waals surface area contributed by atoms with Crippen molar-refractivity contribution in [2.24, 2.45) is 10.9 Å². The Kier molecular flexibility index (Phi) is 8.04. The van der Waals surface area contributed by atoms with Crippen molar-refractivity contribution < 1.29 is 4.39 Å². The normalized spacial score (nSPS) is 23.1. The van der Waals surface area contributed by atoms with Gasteiger partial charge in [-0.1, -0.05) is 38.1 Å². The highest BCUT2D eigenvalue weighted by Gasteiger charge is 2.20. The molecule has 0 spiro atoms. The van der Waals surface area contributed by atoms with E-state index in [0.29, 0.717) is 17.5 Å². The molecule has 1 unspecified atom stereocenters. The number of nitrogens with zero attached hydrogens (tertiary/aromatic N) is 3. The molecule has 1 aromatic rings. The summed E-state index contributed by atoms with van der Waals surface area (Å²) in [4.78, 5) is 9.22. The Morgan fingerprint density at radius 2 is 2.19 bits per heavy atom. The van der Waals surface area contributed by atoms with E-state index in [-0.39, 0.29) is 5.82 Å². The van der Waals surface area contributed by atoms with E-state index in [1.54, 1.807) is 12.1 Å². The van der Waals surface area contributed by atoms with Crippen LogP contribution in [0, 0.1) is 18.7 Å². The largest absolute Gasteiger partial charge is 0.337 e. The van der Waals surface area contributed by atoms with Gasteiger partial charge in [0.2, 0.25) is 0 Å². The van der Waals surface area contributed by atoms with Crippen LogP contribution in [-0.4, -0.2) is 61.4 Å². The molecule has 0 saturated carbocycles. The minimum absolute atomic E-state index is 0.259. The van der Waals surface area contributed by atoms with Crippen LogP contribution >= 0.6 is 0 Å². The molecule has 0 bridgehead atoms. The standard InChI is InChI=1S/C25H36FN5/c1-6-20(21-16-19(4)8-9-22(21)26)25-29-24(10-14-30(25)5)28-12-15-31-13-7-11-27-23(17-31)18(2)3/h6,8-10,14,16,18,23,27H,1,7,11-13,15,17H2,2-5H3,(H,28,29)/b25-20+. The second kappa shape index (κ2) is 10.7. The van der Waals surface area contributed by atoms with E-state index in [9.17, 15) is 4.39 Å². The Hall–Kier alpha value is -2.44. The molecule has 0 radical (unpaired) electrons. The third-order valence-electron chi connectivity index (χ3n) is 5.94. The lowest BCUT2D eigenvalue weighted by molar-refractivity contribution is 0.252. The molecule has 31 heavy (non-hydrogen) atoms. The summed E-state index contributed by atoms with van der Waals surface area (Å²) in [6, 6.07) is 5.66. The van der Waals surface area contributed by atoms with Gasteiger partial charge in [0.1, 0.15) is 17.5 Å². The molecule has 168 valence electrons. The number of allylic oxidation sites excluding steroid dienone is 2. The monoisotopic (exact) mass is 425 g/mol. The van der Waals surface area contributed by atoms with Crippen LogP contribution in [-0.2, 0) is 0 Å². The zero-order valence-corrected chi connectivity index (χ0v) is 19.3. The average Bonchev–Trinajstić information content (AvgIpc) is 2.99. The van der Waals surface area contributed by atoms with Gasteiger partial charge in [0.25, 0.3) is 0 Å². The van der Waals surface area contributed by atoms with E-state index in [0.717, 1.165) is 55.5 Å². The predicted molar refractivity (Wildman–Crippen MR) is 128 cm³/mol. The van der Waals surface area contributed by atoms with Crippen LogP contribution in [0.15, 0.2) is 53.9 Å². The molecule has 1 atom stereocenters. The maximum atomic E-state index is 14.5. The predicted octanol–water partition coefficient (Wildman–Crippen LogP) is 3.76. The molecule has 0 aliphatic carbocycles. The molecule has 1 saturated heterocycles. The smallest absolute Gasteiger partial charge is 0.131 e. The van der Waals surface area contributed by atoms with Gasteiger partial charge >= 0.3 is 0 Å². The van der Waals surface area contributed by atoms with Crippen molar-refractivity contribution in [3.63, 3.8) is 0 Å². The number of aliphatic imine (C=N–C) groups is 1. The lowest BCUT2D eigenvalue weighted by atomic mass is 10.0. The second-order valence-electron chi connectivity index (χ2n) is 8.73. The third-order valence-corrected chi connectivity index (χ3v) is 5.94. The SMILES string of the molecule is C=C/C(=C1/NC(=NCCN2CCCNC(C(C)C)C2)C=CN1C)c1cc(C)ccc1F. The fourth-order valence-corrected chi connectivity index (χ4v) is 4.02. The van der Waals surface area contributed by atoms with Crippen molar-refractivity contribution in [2.75, 3.05) is 39.8 Å². The zero-order valence-electron chi connectivity index (χ0n) is 19.3. The summed E-state index contributed by atoms with van der Waals surface area (Å²) in [7, 11) is 1.93. The van der Waals surface area contributed by atoms with E-state index < -0.39 is 0 Å². The molecular weight excluding hydrogens is 389 g/mol. The molecule has 1 aromatic carbocycles. The Morgan fingerprint density at radius 1 is 1.39 bits per heavy atom. The Morgan fingerprint density at radius 3 is 2.94 bits per heavy atom. The van der Waals surface area contributed by atoms with Gasteiger partial charge in [-0.3, -0.25) is 9.89 Å². The first-order valence-corrected chi connectivity index (χ1v) is 11.2. The molecule has 3 rings (SSSR count). The Labute approximate surface area is 186 Å². The number of rotatable bonds is 6. The van der Waals surface area contributed by atoms with Gasteiger partial charge in [-0.05, 0) is 50.6 Å². The fraction of sp³-hybridized carbons (Fsp3) is 0.480.